The van der Waals surface area contributed by atoms with Crippen molar-refractivity contribution in [3.8, 4) is 11.8 Å². The Morgan fingerprint density at radius 1 is 1.25 bits per heavy atom. The first-order valence-electron chi connectivity index (χ1n) is 10.9. The van der Waals surface area contributed by atoms with Gasteiger partial charge in [-0.15, -0.1) is 0 Å². The number of rotatable bonds is 6. The number of allylic oxidation sites excluding steroid dienone is 1. The Hall–Kier alpha value is -4.27. The van der Waals surface area contributed by atoms with E-state index in [1.165, 1.54) is 42.9 Å². The summed E-state index contributed by atoms with van der Waals surface area (Å²) in [5.74, 6) is 5.65. The van der Waals surface area contributed by atoms with E-state index in [-0.39, 0.29) is 29.4 Å². The summed E-state index contributed by atoms with van der Waals surface area (Å²) in [4.78, 5) is 25.6. The Bertz CT molecular complexity index is 1360. The van der Waals surface area contributed by atoms with Gasteiger partial charge in [-0.1, -0.05) is 12.0 Å². The highest BCUT2D eigenvalue weighted by Crippen LogP contribution is 2.35. The van der Waals surface area contributed by atoms with Crippen LogP contribution in [0.3, 0.4) is 0 Å². The van der Waals surface area contributed by atoms with Gasteiger partial charge in [-0.3, -0.25) is 14.7 Å². The number of likely N-dealkylation sites (tertiary alicyclic amines) is 1. The van der Waals surface area contributed by atoms with E-state index in [2.05, 4.69) is 32.1 Å². The Balaban J connectivity index is 1.48. The number of carbonyl (C=O) groups excluding carboxylic acids is 1. The summed E-state index contributed by atoms with van der Waals surface area (Å²) in [6, 6.07) is 5.24. The zero-order chi connectivity index (χ0) is 25.7. The van der Waals surface area contributed by atoms with Gasteiger partial charge in [-0.25, -0.2) is 4.98 Å². The van der Waals surface area contributed by atoms with Crippen LogP contribution in [0.25, 0.3) is 6.08 Å². The van der Waals surface area contributed by atoms with E-state index in [0.717, 1.165) is 12.3 Å². The van der Waals surface area contributed by atoms with E-state index >= 15 is 0 Å². The quantitative estimate of drug-likeness (QED) is 0.310. The summed E-state index contributed by atoms with van der Waals surface area (Å²) in [5.41, 5.74) is 6.18. The van der Waals surface area contributed by atoms with E-state index in [4.69, 9.17) is 11.1 Å². The van der Waals surface area contributed by atoms with Crippen LogP contribution in [0.4, 0.5) is 18.9 Å². The van der Waals surface area contributed by atoms with E-state index in [0.29, 0.717) is 30.2 Å². The van der Waals surface area contributed by atoms with Gasteiger partial charge in [0.25, 0.3) is 5.91 Å². The van der Waals surface area contributed by atoms with Gasteiger partial charge in [0.05, 0.1) is 17.3 Å². The van der Waals surface area contributed by atoms with Gasteiger partial charge in [-0.05, 0) is 41.8 Å². The number of benzene rings is 1. The standard InChI is InChI=1S/C25H22F3N7O/c26-25(27,28)22-9-20(6-4-17(22)13-35-14-19(30)15-35)34-24(36)18-8-16(10-31-11-18)3-5-21-12-32-23(33-21)2-1-7-29/h1-2,4,6-12,19,29H,13-15,30H2,(H,32,33)(H,34,36)/b2-1-,29-7?. The summed E-state index contributed by atoms with van der Waals surface area (Å²) in [7, 11) is 0. The lowest BCUT2D eigenvalue weighted by molar-refractivity contribution is -0.138. The van der Waals surface area contributed by atoms with Crippen molar-refractivity contribution < 1.29 is 18.0 Å². The molecule has 3 aromatic rings. The number of H-pyrrole nitrogens is 1. The number of aromatic amines is 1. The number of amides is 1. The summed E-state index contributed by atoms with van der Waals surface area (Å²) >= 11 is 0. The molecular weight excluding hydrogens is 471 g/mol. The molecule has 1 amide bonds. The molecule has 0 spiro atoms. The molecule has 8 nitrogen and oxygen atoms in total. The lowest BCUT2D eigenvalue weighted by Gasteiger charge is -2.37. The molecule has 1 aromatic carbocycles. The van der Waals surface area contributed by atoms with Gasteiger partial charge in [0.15, 0.2) is 0 Å². The normalized spacial score (nSPS) is 14.2. The first-order valence-corrected chi connectivity index (χ1v) is 10.9. The maximum atomic E-state index is 13.7. The monoisotopic (exact) mass is 493 g/mol. The van der Waals surface area contributed by atoms with E-state index in [1.807, 2.05) is 4.90 Å². The molecule has 0 bridgehead atoms. The molecule has 1 aliphatic heterocycles. The summed E-state index contributed by atoms with van der Waals surface area (Å²) < 4.78 is 41.0. The van der Waals surface area contributed by atoms with Crippen LogP contribution in [0, 0.1) is 17.3 Å². The number of carbonyl (C=O) groups is 1. The fraction of sp³-hybridized carbons (Fsp3) is 0.200. The second-order valence-corrected chi connectivity index (χ2v) is 8.20. The molecule has 3 heterocycles. The van der Waals surface area contributed by atoms with Gasteiger partial charge in [0.1, 0.15) is 11.5 Å². The highest BCUT2D eigenvalue weighted by atomic mass is 19.4. The van der Waals surface area contributed by atoms with Gasteiger partial charge in [0.2, 0.25) is 0 Å². The third-order valence-corrected chi connectivity index (χ3v) is 5.34. The largest absolute Gasteiger partial charge is 0.416 e. The molecule has 5 N–H and O–H groups in total. The van der Waals surface area contributed by atoms with Gasteiger partial charge >= 0.3 is 6.18 Å². The SMILES string of the molecule is N=C/C=C\c1ncc(C#Cc2cncc(C(=O)Nc3ccc(CN4CC(N)C4)c(C(F)(F)F)c3)c2)[nH]1. The highest BCUT2D eigenvalue weighted by Gasteiger charge is 2.35. The molecule has 11 heteroatoms. The fourth-order valence-electron chi connectivity index (χ4n) is 3.64. The molecule has 2 aromatic heterocycles. The number of nitrogens with zero attached hydrogens (tertiary/aromatic N) is 3. The molecule has 0 saturated carbocycles. The van der Waals surface area contributed by atoms with Crippen LogP contribution >= 0.6 is 0 Å². The van der Waals surface area contributed by atoms with Gasteiger partial charge < -0.3 is 21.4 Å². The summed E-state index contributed by atoms with van der Waals surface area (Å²) in [6.07, 6.45) is 3.98. The predicted molar refractivity (Wildman–Crippen MR) is 129 cm³/mol. The molecule has 184 valence electrons. The lowest BCUT2D eigenvalue weighted by Crippen LogP contribution is -2.55. The first kappa shape index (κ1) is 24.8. The number of imidazole rings is 1. The second kappa shape index (κ2) is 10.6. The van der Waals surface area contributed by atoms with E-state index < -0.39 is 17.6 Å². The maximum absolute atomic E-state index is 13.7. The van der Waals surface area contributed by atoms with Crippen molar-refractivity contribution in [2.45, 2.75) is 18.8 Å². The summed E-state index contributed by atoms with van der Waals surface area (Å²) in [5, 5.41) is 9.50. The minimum absolute atomic E-state index is 0.0149. The van der Waals surface area contributed by atoms with Crippen molar-refractivity contribution in [3.05, 3.63) is 82.7 Å². The van der Waals surface area contributed by atoms with Crippen LogP contribution in [-0.2, 0) is 12.7 Å². The minimum atomic E-state index is -4.57. The predicted octanol–water partition coefficient (Wildman–Crippen LogP) is 3.28. The molecular formula is C25H22F3N7O. The Morgan fingerprint density at radius 3 is 2.78 bits per heavy atom. The average molecular weight is 493 g/mol. The number of alkyl halides is 3. The molecule has 0 radical (unpaired) electrons. The third-order valence-electron chi connectivity index (χ3n) is 5.34. The van der Waals surface area contributed by atoms with Crippen molar-refractivity contribution >= 4 is 23.9 Å². The lowest BCUT2D eigenvalue weighted by atomic mass is 10.0. The smallest absolute Gasteiger partial charge is 0.332 e. The Morgan fingerprint density at radius 2 is 2.06 bits per heavy atom. The molecule has 36 heavy (non-hydrogen) atoms. The van der Waals surface area contributed by atoms with Crippen molar-refractivity contribution in [1.82, 2.24) is 19.9 Å². The molecule has 1 fully saturated rings. The van der Waals surface area contributed by atoms with E-state index in [1.54, 1.807) is 6.08 Å². The zero-order valence-electron chi connectivity index (χ0n) is 18.9. The van der Waals surface area contributed by atoms with Crippen LogP contribution in [0.15, 0.2) is 48.9 Å². The van der Waals surface area contributed by atoms with Gasteiger partial charge in [-0.2, -0.15) is 13.2 Å². The van der Waals surface area contributed by atoms with Crippen LogP contribution in [-0.4, -0.2) is 51.1 Å². The summed E-state index contributed by atoms with van der Waals surface area (Å²) in [6.45, 7) is 1.23. The molecule has 1 saturated heterocycles. The molecule has 0 atom stereocenters. The number of halogens is 3. The molecule has 0 aliphatic carbocycles. The Labute approximate surface area is 205 Å². The fourth-order valence-corrected chi connectivity index (χ4v) is 3.64. The third kappa shape index (κ3) is 6.24. The van der Waals surface area contributed by atoms with Crippen molar-refractivity contribution in [2.24, 2.45) is 5.73 Å². The van der Waals surface area contributed by atoms with Crippen LogP contribution in [0.2, 0.25) is 0 Å². The number of hydrogen-bond donors (Lipinski definition) is 4. The maximum Gasteiger partial charge on any atom is 0.416 e. The van der Waals surface area contributed by atoms with Crippen LogP contribution < -0.4 is 11.1 Å². The number of nitrogens with one attached hydrogen (secondary N) is 3. The molecule has 4 rings (SSSR count). The first-order chi connectivity index (χ1) is 17.2. The number of pyridine rings is 1. The van der Waals surface area contributed by atoms with Gasteiger partial charge in [0, 0.05) is 55.5 Å². The number of aromatic nitrogens is 3. The highest BCUT2D eigenvalue weighted by molar-refractivity contribution is 6.04. The topological polar surface area (TPSA) is 124 Å². The van der Waals surface area contributed by atoms with Crippen LogP contribution in [0.1, 0.15) is 38.6 Å². The minimum Gasteiger partial charge on any atom is -0.332 e. The number of hydrogen-bond acceptors (Lipinski definition) is 6. The zero-order valence-corrected chi connectivity index (χ0v) is 18.9. The van der Waals surface area contributed by atoms with Crippen molar-refractivity contribution in [2.75, 3.05) is 18.4 Å². The van der Waals surface area contributed by atoms with Crippen molar-refractivity contribution in [3.63, 3.8) is 0 Å². The number of anilines is 1. The second-order valence-electron chi connectivity index (χ2n) is 8.20. The number of nitrogens with two attached hydrogens (primary N) is 1. The average Bonchev–Trinajstić information content (AvgIpc) is 3.28. The molecule has 1 aliphatic rings. The van der Waals surface area contributed by atoms with E-state index in [9.17, 15) is 18.0 Å². The molecule has 0 unspecified atom stereocenters. The Kier molecular flexibility index (Phi) is 7.28. The van der Waals surface area contributed by atoms with Crippen molar-refractivity contribution in [1.29, 1.82) is 5.41 Å². The van der Waals surface area contributed by atoms with Crippen LogP contribution in [0.5, 0.6) is 0 Å².